The number of thioether (sulfide) groups is 1. The number of hydrogen-bond donors (Lipinski definition) is 1. The summed E-state index contributed by atoms with van der Waals surface area (Å²) in [5, 5.41) is 9.27. The molecular formula is C32H37FO3S. The molecule has 3 aromatic carbocycles. The summed E-state index contributed by atoms with van der Waals surface area (Å²) in [5.74, 6) is 0.832. The molecule has 1 N–H and O–H groups in total. The van der Waals surface area contributed by atoms with Crippen molar-refractivity contribution in [1.29, 1.82) is 0 Å². The second-order valence-corrected chi connectivity index (χ2v) is 11.8. The first-order valence-electron chi connectivity index (χ1n) is 13.1. The fourth-order valence-electron chi connectivity index (χ4n) is 5.71. The van der Waals surface area contributed by atoms with Gasteiger partial charge in [-0.15, -0.1) is 11.8 Å². The third-order valence-corrected chi connectivity index (χ3v) is 8.93. The van der Waals surface area contributed by atoms with Gasteiger partial charge in [0, 0.05) is 16.2 Å². The van der Waals surface area contributed by atoms with Crippen LogP contribution in [0.1, 0.15) is 81.4 Å². The molecular weight excluding hydrogens is 483 g/mol. The van der Waals surface area contributed by atoms with Crippen LogP contribution in [0.3, 0.4) is 0 Å². The van der Waals surface area contributed by atoms with Crippen molar-refractivity contribution in [1.82, 2.24) is 0 Å². The van der Waals surface area contributed by atoms with E-state index in [0.29, 0.717) is 17.2 Å². The summed E-state index contributed by atoms with van der Waals surface area (Å²) < 4.78 is 20.4. The molecule has 1 aliphatic rings. The maximum absolute atomic E-state index is 15.0. The molecule has 1 aliphatic carbocycles. The molecule has 0 heterocycles. The molecule has 0 amide bonds. The molecule has 1 saturated carbocycles. The van der Waals surface area contributed by atoms with Crippen LogP contribution in [0.15, 0.2) is 65.6 Å². The van der Waals surface area contributed by atoms with Crippen LogP contribution < -0.4 is 4.74 Å². The van der Waals surface area contributed by atoms with Crippen molar-refractivity contribution in [2.24, 2.45) is 5.41 Å². The molecule has 0 unspecified atom stereocenters. The van der Waals surface area contributed by atoms with E-state index in [1.807, 2.05) is 19.1 Å². The predicted molar refractivity (Wildman–Crippen MR) is 150 cm³/mol. The van der Waals surface area contributed by atoms with Crippen LogP contribution >= 0.6 is 11.8 Å². The van der Waals surface area contributed by atoms with Gasteiger partial charge in [-0.05, 0) is 89.1 Å². The number of aliphatic carboxylic acids is 1. The fourth-order valence-corrected chi connectivity index (χ4v) is 6.62. The Hall–Kier alpha value is -2.79. The van der Waals surface area contributed by atoms with Gasteiger partial charge in [0.05, 0.1) is 13.5 Å². The molecule has 4 rings (SSSR count). The number of hydrogen-bond acceptors (Lipinski definition) is 3. The van der Waals surface area contributed by atoms with Gasteiger partial charge in [0.1, 0.15) is 11.6 Å². The van der Waals surface area contributed by atoms with Crippen molar-refractivity contribution in [3.8, 4) is 16.9 Å². The predicted octanol–water partition coefficient (Wildman–Crippen LogP) is 9.06. The molecule has 1 fully saturated rings. The van der Waals surface area contributed by atoms with Crippen molar-refractivity contribution in [3.05, 3.63) is 83.2 Å². The number of carbonyl (C=O) groups is 1. The Morgan fingerprint density at radius 3 is 2.62 bits per heavy atom. The molecule has 0 spiro atoms. The molecule has 0 aromatic heterocycles. The zero-order chi connectivity index (χ0) is 26.6. The van der Waals surface area contributed by atoms with Crippen LogP contribution in [0.2, 0.25) is 0 Å². The third kappa shape index (κ3) is 6.38. The first-order valence-corrected chi connectivity index (χ1v) is 14.1. The van der Waals surface area contributed by atoms with Crippen molar-refractivity contribution in [2.75, 3.05) is 7.11 Å². The van der Waals surface area contributed by atoms with Gasteiger partial charge < -0.3 is 9.84 Å². The Labute approximate surface area is 224 Å². The molecule has 2 atom stereocenters. The minimum absolute atomic E-state index is 0.0197. The average molecular weight is 521 g/mol. The van der Waals surface area contributed by atoms with E-state index < -0.39 is 5.97 Å². The van der Waals surface area contributed by atoms with E-state index in [2.05, 4.69) is 44.2 Å². The van der Waals surface area contributed by atoms with E-state index in [-0.39, 0.29) is 23.6 Å². The van der Waals surface area contributed by atoms with Gasteiger partial charge in [-0.1, -0.05) is 57.5 Å². The van der Waals surface area contributed by atoms with Crippen molar-refractivity contribution >= 4 is 17.7 Å². The maximum atomic E-state index is 15.0. The molecule has 0 aliphatic heterocycles. The van der Waals surface area contributed by atoms with Crippen molar-refractivity contribution < 1.29 is 19.0 Å². The third-order valence-electron chi connectivity index (χ3n) is 7.86. The Bertz CT molecular complexity index is 1250. The molecule has 0 bridgehead atoms. The number of halogens is 1. The summed E-state index contributed by atoms with van der Waals surface area (Å²) in [6.07, 6.45) is 4.39. The summed E-state index contributed by atoms with van der Waals surface area (Å²) in [7, 11) is 1.61. The Morgan fingerprint density at radius 2 is 1.95 bits per heavy atom. The van der Waals surface area contributed by atoms with Crippen LogP contribution in [0.5, 0.6) is 5.75 Å². The van der Waals surface area contributed by atoms with E-state index in [1.165, 1.54) is 30.0 Å². The van der Waals surface area contributed by atoms with E-state index in [9.17, 15) is 9.90 Å². The van der Waals surface area contributed by atoms with E-state index >= 15 is 4.39 Å². The molecule has 3 nitrogen and oxygen atoms in total. The molecule has 0 saturated heterocycles. The summed E-state index contributed by atoms with van der Waals surface area (Å²) in [5.41, 5.74) is 5.20. The van der Waals surface area contributed by atoms with Crippen LogP contribution in [0.4, 0.5) is 4.39 Å². The minimum atomic E-state index is -0.764. The highest BCUT2D eigenvalue weighted by molar-refractivity contribution is 7.98. The van der Waals surface area contributed by atoms with Gasteiger partial charge >= 0.3 is 5.97 Å². The second kappa shape index (κ2) is 11.7. The molecule has 5 heteroatoms. The SMILES string of the molecule is CC[C@@H](CC(=O)O)c1cccc(SCc2ccc(-c3cc(OC)ccc3F)c([C@H]3CCCC3(C)C)c2)c1. The maximum Gasteiger partial charge on any atom is 0.303 e. The quantitative estimate of drug-likeness (QED) is 0.271. The highest BCUT2D eigenvalue weighted by atomic mass is 32.2. The van der Waals surface area contributed by atoms with Crippen LogP contribution in [-0.2, 0) is 10.5 Å². The van der Waals surface area contributed by atoms with Crippen molar-refractivity contribution in [3.63, 3.8) is 0 Å². The number of ether oxygens (including phenoxy) is 1. The largest absolute Gasteiger partial charge is 0.497 e. The second-order valence-electron chi connectivity index (χ2n) is 10.8. The number of benzene rings is 3. The number of methoxy groups -OCH3 is 1. The average Bonchev–Trinajstić information content (AvgIpc) is 3.25. The van der Waals surface area contributed by atoms with Gasteiger partial charge in [0.2, 0.25) is 0 Å². The first kappa shape index (κ1) is 27.3. The van der Waals surface area contributed by atoms with Gasteiger partial charge in [0.25, 0.3) is 0 Å². The lowest BCUT2D eigenvalue weighted by molar-refractivity contribution is -0.137. The molecule has 196 valence electrons. The standard InChI is InChI=1S/C32H37FO3S/c1-5-22(18-31(34)35)23-8-6-9-25(17-23)37-20-21-11-13-26(28-19-24(36-4)12-14-30(28)33)27(16-21)29-10-7-15-32(29,2)3/h6,8-9,11-14,16-17,19,22,29H,5,7,10,15,18,20H2,1-4H3,(H,34,35)/t22-,29+/m0/s1. The van der Waals surface area contributed by atoms with Crippen LogP contribution in [0.25, 0.3) is 11.1 Å². The van der Waals surface area contributed by atoms with Gasteiger partial charge in [-0.2, -0.15) is 0 Å². The lowest BCUT2D eigenvalue weighted by Crippen LogP contribution is -2.16. The number of carboxylic acid groups (broad SMARTS) is 1. The zero-order valence-corrected chi connectivity index (χ0v) is 23.0. The van der Waals surface area contributed by atoms with E-state index in [1.54, 1.807) is 31.0 Å². The van der Waals surface area contributed by atoms with Gasteiger partial charge in [-0.25, -0.2) is 4.39 Å². The molecule has 37 heavy (non-hydrogen) atoms. The van der Waals surface area contributed by atoms with Gasteiger partial charge in [0.15, 0.2) is 0 Å². The highest BCUT2D eigenvalue weighted by Crippen LogP contribution is 2.51. The zero-order valence-electron chi connectivity index (χ0n) is 22.2. The van der Waals surface area contributed by atoms with E-state index in [4.69, 9.17) is 4.74 Å². The first-order chi connectivity index (χ1) is 17.7. The lowest BCUT2D eigenvalue weighted by atomic mass is 9.75. The summed E-state index contributed by atoms with van der Waals surface area (Å²) >= 11 is 1.75. The van der Waals surface area contributed by atoms with E-state index in [0.717, 1.165) is 34.6 Å². The number of carboxylic acids is 1. The summed E-state index contributed by atoms with van der Waals surface area (Å²) in [6, 6.07) is 19.7. The van der Waals surface area contributed by atoms with Crippen molar-refractivity contribution in [2.45, 2.75) is 75.4 Å². The lowest BCUT2D eigenvalue weighted by Gasteiger charge is -2.30. The molecule has 0 radical (unpaired) electrons. The summed E-state index contributed by atoms with van der Waals surface area (Å²) in [4.78, 5) is 12.4. The summed E-state index contributed by atoms with van der Waals surface area (Å²) in [6.45, 7) is 6.68. The topological polar surface area (TPSA) is 46.5 Å². The fraction of sp³-hybridized carbons (Fsp3) is 0.406. The van der Waals surface area contributed by atoms with Crippen LogP contribution in [-0.4, -0.2) is 18.2 Å². The Balaban J connectivity index is 1.64. The Morgan fingerprint density at radius 1 is 1.14 bits per heavy atom. The molecule has 3 aromatic rings. The highest BCUT2D eigenvalue weighted by Gasteiger charge is 2.37. The van der Waals surface area contributed by atoms with Crippen LogP contribution in [0, 0.1) is 11.2 Å². The smallest absolute Gasteiger partial charge is 0.303 e. The normalized spacial score (nSPS) is 17.5. The monoisotopic (exact) mass is 520 g/mol. The van der Waals surface area contributed by atoms with Gasteiger partial charge in [-0.3, -0.25) is 4.79 Å². The minimum Gasteiger partial charge on any atom is -0.497 e. The Kier molecular flexibility index (Phi) is 8.63. The number of rotatable bonds is 10.